The first-order valence-corrected chi connectivity index (χ1v) is 26.5. The summed E-state index contributed by atoms with van der Waals surface area (Å²) in [6, 6.07) is 26.6. The van der Waals surface area contributed by atoms with Crippen molar-refractivity contribution in [2.45, 2.75) is 228 Å². The highest BCUT2D eigenvalue weighted by Gasteiger charge is 2.29. The summed E-state index contributed by atoms with van der Waals surface area (Å²) in [7, 11) is -0.252. The van der Waals surface area contributed by atoms with Crippen molar-refractivity contribution in [3.63, 3.8) is 0 Å². The van der Waals surface area contributed by atoms with Crippen LogP contribution in [-0.4, -0.2) is 31.1 Å². The van der Waals surface area contributed by atoms with E-state index in [9.17, 15) is 0 Å². The summed E-state index contributed by atoms with van der Waals surface area (Å²) in [5.41, 5.74) is 0. The Labute approximate surface area is 382 Å². The maximum atomic E-state index is 8.44. The lowest BCUT2D eigenvalue weighted by Gasteiger charge is -2.12. The Morgan fingerprint density at radius 1 is 0.371 bits per heavy atom. The van der Waals surface area contributed by atoms with Crippen molar-refractivity contribution in [3.8, 4) is 17.2 Å². The number of hydrogen-bond donors (Lipinski definition) is 1. The third-order valence-corrected chi connectivity index (χ3v) is 13.7. The van der Waals surface area contributed by atoms with Crippen molar-refractivity contribution in [1.82, 2.24) is 0 Å². The third kappa shape index (κ3) is 29.1. The van der Waals surface area contributed by atoms with Crippen LogP contribution < -0.4 is 19.3 Å². The van der Waals surface area contributed by atoms with E-state index >= 15 is 0 Å². The van der Waals surface area contributed by atoms with Gasteiger partial charge in [-0.05, 0) is 92.1 Å². The topological polar surface area (TPSA) is 88.1 Å². The van der Waals surface area contributed by atoms with Crippen LogP contribution in [-0.2, 0) is 10.9 Å². The van der Waals surface area contributed by atoms with Crippen LogP contribution in [0.1, 0.15) is 213 Å². The average molecular weight is 877 g/mol. The molecule has 3 aromatic carbocycles. The van der Waals surface area contributed by atoms with Crippen LogP contribution in [0.3, 0.4) is 0 Å². The van der Waals surface area contributed by atoms with Gasteiger partial charge < -0.3 is 29.2 Å². The summed E-state index contributed by atoms with van der Waals surface area (Å²) in [6.45, 7) is 9.25. The van der Waals surface area contributed by atoms with Gasteiger partial charge >= 0.3 is 0 Å². The van der Waals surface area contributed by atoms with E-state index in [-0.39, 0.29) is 10.9 Å². The normalized spacial score (nSPS) is 11.0. The molecule has 0 aliphatic carbocycles. The molecule has 3 rings (SSSR count). The molecule has 0 unspecified atom stereocenters. The molecule has 0 spiro atoms. The summed E-state index contributed by atoms with van der Waals surface area (Å²) in [4.78, 5) is 12.3. The predicted molar refractivity (Wildman–Crippen MR) is 262 cm³/mol. The smallest absolute Gasteiger partial charge is 0.249 e. The molecule has 0 saturated carbocycles. The molecule has 7 heteroatoms. The molecule has 0 amide bonds. The lowest BCUT2D eigenvalue weighted by Crippen LogP contribution is -2.17. The quantitative estimate of drug-likeness (QED) is 0.0454. The second-order valence-electron chi connectivity index (χ2n) is 17.1. The van der Waals surface area contributed by atoms with Gasteiger partial charge in [0.05, 0.1) is 30.7 Å². The number of carboxylic acid groups (broad SMARTS) is 2. The van der Waals surface area contributed by atoms with Crippen molar-refractivity contribution in [2.24, 2.45) is 0 Å². The van der Waals surface area contributed by atoms with Gasteiger partial charge in [-0.3, -0.25) is 0 Å². The zero-order chi connectivity index (χ0) is 44.6. The summed E-state index contributed by atoms with van der Waals surface area (Å²) in [6.07, 6.45) is 38.1. The van der Waals surface area contributed by atoms with Crippen molar-refractivity contribution in [3.05, 3.63) is 72.8 Å². The van der Waals surface area contributed by atoms with Gasteiger partial charge in [0.15, 0.2) is 14.7 Å². The van der Waals surface area contributed by atoms with Gasteiger partial charge in [0.1, 0.15) is 17.2 Å². The molecule has 1 N–H and O–H groups in total. The van der Waals surface area contributed by atoms with E-state index in [0.29, 0.717) is 0 Å². The minimum atomic E-state index is -2.08. The fourth-order valence-corrected chi connectivity index (χ4v) is 9.80. The van der Waals surface area contributed by atoms with Gasteiger partial charge in [-0.1, -0.05) is 194 Å². The molecule has 0 saturated heterocycles. The zero-order valence-electron chi connectivity index (χ0n) is 39.7. The fraction of sp³-hybridized carbons (Fsp3) is 0.655. The molecule has 6 nitrogen and oxygen atoms in total. The van der Waals surface area contributed by atoms with Crippen molar-refractivity contribution in [1.29, 1.82) is 0 Å². The zero-order valence-corrected chi connectivity index (χ0v) is 40.5. The number of benzene rings is 3. The Bertz CT molecular complexity index is 1260. The number of carbonyl (C=O) groups is 1. The van der Waals surface area contributed by atoms with Crippen LogP contribution in [0.2, 0.25) is 0 Å². The maximum Gasteiger partial charge on any atom is 0.249 e. The highest BCUT2D eigenvalue weighted by atomic mass is 32.2. The maximum absolute atomic E-state index is 8.44. The first-order chi connectivity index (χ1) is 30.5. The molecule has 0 aromatic heterocycles. The van der Waals surface area contributed by atoms with E-state index in [1.165, 1.54) is 188 Å². The Hall–Kier alpha value is -3.32. The Kier molecular flexibility index (Phi) is 34.7. The van der Waals surface area contributed by atoms with Gasteiger partial charge in [0.2, 0.25) is 6.16 Å². The molecule has 3 aromatic rings. The van der Waals surface area contributed by atoms with E-state index < -0.39 is 6.16 Å². The van der Waals surface area contributed by atoms with E-state index in [2.05, 4.69) is 93.6 Å². The standard InChI is InChI=1S/C54H87O3S.CH2O3/c1-4-7-10-13-16-19-22-25-28-31-46-55-49-34-40-52(41-35-49)58(53-42-36-50(37-43-53)56-47-32-29-26-23-20-17-14-11-8-5-2)54-44-38-51(39-45-54)57-48-33-30-27-24-21-18-15-12-9-6-3;2-1(3)4/h34-45H,4-33,46-48H2,1-3H3;(H2,2,3,4)/q+1;/p-1. The van der Waals surface area contributed by atoms with Crippen LogP contribution in [0.15, 0.2) is 87.5 Å². The van der Waals surface area contributed by atoms with Crippen LogP contribution in [0, 0.1) is 0 Å². The summed E-state index contributed by atoms with van der Waals surface area (Å²) < 4.78 is 18.6. The largest absolute Gasteiger partial charge is 0.565 e. The number of ether oxygens (including phenoxy) is 3. The van der Waals surface area contributed by atoms with Gasteiger partial charge in [-0.25, -0.2) is 0 Å². The first kappa shape index (κ1) is 54.8. The van der Waals surface area contributed by atoms with Gasteiger partial charge in [0.25, 0.3) is 0 Å². The fourth-order valence-electron chi connectivity index (χ4n) is 7.76. The Morgan fingerprint density at radius 2 is 0.548 bits per heavy atom. The lowest BCUT2D eigenvalue weighted by molar-refractivity contribution is -0.275. The molecular formula is C55H88O6S. The molecule has 0 bridgehead atoms. The predicted octanol–water partition coefficient (Wildman–Crippen LogP) is 16.6. The minimum absolute atomic E-state index is 0.252. The summed E-state index contributed by atoms with van der Waals surface area (Å²) in [5, 5.41) is 15.3. The summed E-state index contributed by atoms with van der Waals surface area (Å²) >= 11 is 0. The van der Waals surface area contributed by atoms with Crippen LogP contribution in [0.4, 0.5) is 4.79 Å². The molecule has 0 aliphatic heterocycles. The van der Waals surface area contributed by atoms with Gasteiger partial charge in [-0.2, -0.15) is 0 Å². The van der Waals surface area contributed by atoms with E-state index in [1.807, 2.05) is 0 Å². The molecule has 0 fully saturated rings. The molecule has 0 heterocycles. The van der Waals surface area contributed by atoms with Crippen molar-refractivity contribution in [2.75, 3.05) is 19.8 Å². The number of rotatable bonds is 39. The molecule has 350 valence electrons. The lowest BCUT2D eigenvalue weighted by atomic mass is 10.1. The minimum Gasteiger partial charge on any atom is -0.565 e. The monoisotopic (exact) mass is 877 g/mol. The number of hydrogen-bond acceptors (Lipinski definition) is 5. The highest BCUT2D eigenvalue weighted by molar-refractivity contribution is 7.97. The Balaban J connectivity index is 0.00000316. The molecule has 0 aliphatic rings. The molecule has 62 heavy (non-hydrogen) atoms. The third-order valence-electron chi connectivity index (χ3n) is 11.5. The van der Waals surface area contributed by atoms with Gasteiger partial charge in [0, 0.05) is 0 Å². The average Bonchev–Trinajstić information content (AvgIpc) is 3.28. The van der Waals surface area contributed by atoms with Crippen molar-refractivity contribution < 1.29 is 29.2 Å². The van der Waals surface area contributed by atoms with Crippen LogP contribution in [0.25, 0.3) is 0 Å². The van der Waals surface area contributed by atoms with Crippen LogP contribution in [0.5, 0.6) is 17.2 Å². The van der Waals surface area contributed by atoms with E-state index in [4.69, 9.17) is 29.2 Å². The van der Waals surface area contributed by atoms with Gasteiger partial charge in [-0.15, -0.1) is 0 Å². The second-order valence-corrected chi connectivity index (χ2v) is 19.1. The van der Waals surface area contributed by atoms with Crippen molar-refractivity contribution >= 4 is 17.1 Å². The Morgan fingerprint density at radius 3 is 0.742 bits per heavy atom. The molecule has 0 atom stereocenters. The van der Waals surface area contributed by atoms with E-state index in [0.717, 1.165) is 56.3 Å². The second kappa shape index (κ2) is 39.3. The highest BCUT2D eigenvalue weighted by Crippen LogP contribution is 2.34. The summed E-state index contributed by atoms with van der Waals surface area (Å²) in [5.74, 6) is 2.90. The van der Waals surface area contributed by atoms with E-state index in [1.54, 1.807) is 0 Å². The van der Waals surface area contributed by atoms with Crippen LogP contribution >= 0.6 is 0 Å². The molecular weight excluding hydrogens is 789 g/mol. The molecule has 0 radical (unpaired) electrons. The number of unbranched alkanes of at least 4 members (excludes halogenated alkanes) is 27. The SMILES string of the molecule is CCCCCCCCCCCCOc1ccc([S+](c2ccc(OCCCCCCCCCCCC)cc2)c2ccc(OCCCCCCCCCCCC)cc2)cc1.O=C([O-])O. The first-order valence-electron chi connectivity index (χ1n) is 25.3.